The predicted octanol–water partition coefficient (Wildman–Crippen LogP) is -0.0657. The molecule has 0 fully saturated rings. The maximum Gasteiger partial charge on any atom is 0.194 e. The monoisotopic (exact) mass is 182 g/mol. The van der Waals surface area contributed by atoms with Crippen molar-refractivity contribution in [1.82, 2.24) is 0 Å². The molecule has 0 spiro atoms. The Labute approximate surface area is 72.7 Å². The number of hydrogen-bond donors (Lipinski definition) is 0. The molecule has 0 aliphatic heterocycles. The van der Waals surface area contributed by atoms with Crippen LogP contribution in [0.1, 0.15) is 6.92 Å². The summed E-state index contributed by atoms with van der Waals surface area (Å²) >= 11 is 0. The minimum Gasteiger partial charge on any atom is -0.462 e. The standard InChI is InChI=1S/C8H14OSi2/c1-2-11(9-10)8-6-4-3-5-7-8/h3-7,11H,2H2,1,10H3. The van der Waals surface area contributed by atoms with Crippen LogP contribution in [0, 0.1) is 0 Å². The summed E-state index contributed by atoms with van der Waals surface area (Å²) in [6, 6.07) is 11.8. The minimum absolute atomic E-state index is 0.878. The fraction of sp³-hybridized carbons (Fsp3) is 0.250. The zero-order valence-corrected chi connectivity index (χ0v) is 10.2. The Kier molecular flexibility index (Phi) is 3.55. The topological polar surface area (TPSA) is 9.23 Å². The maximum absolute atomic E-state index is 5.56. The number of hydrogen-bond acceptors (Lipinski definition) is 1. The molecule has 0 radical (unpaired) electrons. The van der Waals surface area contributed by atoms with Gasteiger partial charge in [0.25, 0.3) is 0 Å². The lowest BCUT2D eigenvalue weighted by Gasteiger charge is -2.10. The molecule has 1 aromatic rings. The number of benzene rings is 1. The normalized spacial score (nSPS) is 13.2. The molecule has 1 aromatic carbocycles. The highest BCUT2D eigenvalue weighted by atomic mass is 28.3. The highest BCUT2D eigenvalue weighted by Gasteiger charge is 2.07. The van der Waals surface area contributed by atoms with E-state index in [0.29, 0.717) is 0 Å². The second-order valence-electron chi connectivity index (χ2n) is 2.54. The van der Waals surface area contributed by atoms with Gasteiger partial charge in [-0.15, -0.1) is 0 Å². The van der Waals surface area contributed by atoms with Crippen LogP contribution in [0.3, 0.4) is 0 Å². The first-order valence-corrected chi connectivity index (χ1v) is 6.64. The van der Waals surface area contributed by atoms with Gasteiger partial charge < -0.3 is 4.12 Å². The molecule has 1 rings (SSSR count). The average molecular weight is 182 g/mol. The highest BCUT2D eigenvalue weighted by Crippen LogP contribution is 1.93. The first-order chi connectivity index (χ1) is 5.38. The lowest BCUT2D eigenvalue weighted by molar-refractivity contribution is 0.645. The van der Waals surface area contributed by atoms with Crippen LogP contribution in [0.5, 0.6) is 0 Å². The van der Waals surface area contributed by atoms with Crippen molar-refractivity contribution in [2.24, 2.45) is 0 Å². The van der Waals surface area contributed by atoms with E-state index >= 15 is 0 Å². The summed E-state index contributed by atoms with van der Waals surface area (Å²) in [5, 5.41) is 1.44. The molecule has 60 valence electrons. The molecule has 11 heavy (non-hydrogen) atoms. The SMILES string of the molecule is CC[SiH](O[SiH3])c1ccccc1. The Balaban J connectivity index is 2.74. The molecule has 0 aliphatic rings. The van der Waals surface area contributed by atoms with Crippen LogP contribution in [-0.2, 0) is 4.12 Å². The molecule has 0 heterocycles. The van der Waals surface area contributed by atoms with Crippen molar-refractivity contribution in [2.75, 3.05) is 0 Å². The van der Waals surface area contributed by atoms with Crippen molar-refractivity contribution >= 4 is 24.7 Å². The van der Waals surface area contributed by atoms with Gasteiger partial charge in [0.2, 0.25) is 0 Å². The van der Waals surface area contributed by atoms with E-state index in [1.165, 1.54) is 11.2 Å². The van der Waals surface area contributed by atoms with Gasteiger partial charge in [-0.1, -0.05) is 37.3 Å². The van der Waals surface area contributed by atoms with Gasteiger partial charge >= 0.3 is 0 Å². The van der Waals surface area contributed by atoms with Crippen molar-refractivity contribution in [2.45, 2.75) is 13.0 Å². The van der Waals surface area contributed by atoms with Crippen LogP contribution in [-0.4, -0.2) is 19.5 Å². The van der Waals surface area contributed by atoms with E-state index < -0.39 is 9.04 Å². The molecule has 1 atom stereocenters. The maximum atomic E-state index is 5.56. The van der Waals surface area contributed by atoms with Crippen LogP contribution in [0.4, 0.5) is 0 Å². The van der Waals surface area contributed by atoms with Crippen molar-refractivity contribution in [3.63, 3.8) is 0 Å². The summed E-state index contributed by atoms with van der Waals surface area (Å²) in [7, 11) is -0.110. The molecule has 1 nitrogen and oxygen atoms in total. The van der Waals surface area contributed by atoms with Gasteiger partial charge in [-0.3, -0.25) is 0 Å². The van der Waals surface area contributed by atoms with Crippen LogP contribution < -0.4 is 5.19 Å². The molecule has 0 bridgehead atoms. The zero-order valence-electron chi connectivity index (χ0n) is 7.08. The van der Waals surface area contributed by atoms with Gasteiger partial charge in [0.15, 0.2) is 9.04 Å². The second-order valence-corrected chi connectivity index (χ2v) is 6.89. The second kappa shape index (κ2) is 4.48. The minimum atomic E-state index is -0.989. The Morgan fingerprint density at radius 3 is 2.45 bits per heavy atom. The first kappa shape index (κ1) is 8.71. The summed E-state index contributed by atoms with van der Waals surface area (Å²) in [4.78, 5) is 0. The molecular formula is C8H14OSi2. The Bertz CT molecular complexity index is 197. The fourth-order valence-electron chi connectivity index (χ4n) is 1.21. The first-order valence-electron chi connectivity index (χ1n) is 3.96. The third-order valence-corrected chi connectivity index (χ3v) is 5.97. The van der Waals surface area contributed by atoms with Crippen LogP contribution in [0.25, 0.3) is 0 Å². The summed E-state index contributed by atoms with van der Waals surface area (Å²) in [6.07, 6.45) is 0. The summed E-state index contributed by atoms with van der Waals surface area (Å²) in [6.45, 7) is 2.21. The molecule has 0 saturated heterocycles. The quantitative estimate of drug-likeness (QED) is 0.595. The van der Waals surface area contributed by atoms with Gasteiger partial charge in [-0.25, -0.2) is 0 Å². The molecule has 0 saturated carbocycles. The van der Waals surface area contributed by atoms with E-state index in [1.807, 2.05) is 0 Å². The van der Waals surface area contributed by atoms with Crippen molar-refractivity contribution < 1.29 is 4.12 Å². The summed E-state index contributed by atoms with van der Waals surface area (Å²) < 4.78 is 5.56. The van der Waals surface area contributed by atoms with E-state index in [2.05, 4.69) is 37.3 Å². The molecule has 0 aliphatic carbocycles. The van der Waals surface area contributed by atoms with E-state index in [1.54, 1.807) is 0 Å². The van der Waals surface area contributed by atoms with Gasteiger partial charge in [-0.2, -0.15) is 0 Å². The van der Waals surface area contributed by atoms with E-state index in [0.717, 1.165) is 10.5 Å². The Hall–Kier alpha value is -0.386. The van der Waals surface area contributed by atoms with Crippen LogP contribution in [0.15, 0.2) is 30.3 Å². The molecule has 0 amide bonds. The zero-order chi connectivity index (χ0) is 8.10. The lowest BCUT2D eigenvalue weighted by Crippen LogP contribution is -2.31. The molecule has 0 N–H and O–H groups in total. The Morgan fingerprint density at radius 2 is 2.00 bits per heavy atom. The van der Waals surface area contributed by atoms with Crippen molar-refractivity contribution in [3.05, 3.63) is 30.3 Å². The van der Waals surface area contributed by atoms with E-state index in [-0.39, 0.29) is 0 Å². The highest BCUT2D eigenvalue weighted by molar-refractivity contribution is 6.69. The fourth-order valence-corrected chi connectivity index (χ4v) is 4.75. The van der Waals surface area contributed by atoms with Gasteiger partial charge in [-0.05, 0) is 11.2 Å². The van der Waals surface area contributed by atoms with E-state index in [4.69, 9.17) is 4.12 Å². The third kappa shape index (κ3) is 2.29. The van der Waals surface area contributed by atoms with Crippen molar-refractivity contribution in [1.29, 1.82) is 0 Å². The summed E-state index contributed by atoms with van der Waals surface area (Å²) in [5.41, 5.74) is 0. The van der Waals surface area contributed by atoms with Gasteiger partial charge in [0, 0.05) is 0 Å². The number of rotatable bonds is 3. The third-order valence-electron chi connectivity index (χ3n) is 1.83. The molecule has 0 aromatic heterocycles. The Morgan fingerprint density at radius 1 is 1.36 bits per heavy atom. The van der Waals surface area contributed by atoms with Crippen LogP contribution in [0.2, 0.25) is 6.04 Å². The van der Waals surface area contributed by atoms with Crippen molar-refractivity contribution in [3.8, 4) is 0 Å². The largest absolute Gasteiger partial charge is 0.462 e. The predicted molar refractivity (Wildman–Crippen MR) is 54.7 cm³/mol. The molecule has 1 unspecified atom stereocenters. The molecular weight excluding hydrogens is 168 g/mol. The lowest BCUT2D eigenvalue weighted by atomic mass is 10.4. The average Bonchev–Trinajstić information content (AvgIpc) is 2.09. The van der Waals surface area contributed by atoms with Gasteiger partial charge in [0.1, 0.15) is 10.5 Å². The molecule has 3 heteroatoms. The van der Waals surface area contributed by atoms with Crippen LogP contribution >= 0.6 is 0 Å². The summed E-state index contributed by atoms with van der Waals surface area (Å²) in [5.74, 6) is 0. The van der Waals surface area contributed by atoms with Gasteiger partial charge in [0.05, 0.1) is 0 Å². The smallest absolute Gasteiger partial charge is 0.194 e. The van der Waals surface area contributed by atoms with E-state index in [9.17, 15) is 0 Å².